The number of rotatable bonds is 20. The van der Waals surface area contributed by atoms with Crippen molar-refractivity contribution in [3.05, 3.63) is 226 Å². The van der Waals surface area contributed by atoms with Crippen molar-refractivity contribution >= 4 is 47.4 Å². The molecule has 91 heavy (non-hydrogen) atoms. The normalized spacial score (nSPS) is 17.2. The molecule has 6 atom stereocenters. The molecule has 15 nitrogen and oxygen atoms in total. The summed E-state index contributed by atoms with van der Waals surface area (Å²) in [6.45, 7) is 4.04. The van der Waals surface area contributed by atoms with Crippen LogP contribution in [0.5, 0.6) is 0 Å². The van der Waals surface area contributed by atoms with Crippen LogP contribution in [0.2, 0.25) is 0 Å². The van der Waals surface area contributed by atoms with Gasteiger partial charge < -0.3 is 33.9 Å². The van der Waals surface area contributed by atoms with Gasteiger partial charge >= 0.3 is 35.8 Å². The summed E-state index contributed by atoms with van der Waals surface area (Å²) in [5.74, 6) is -4.73. The van der Waals surface area contributed by atoms with Crippen LogP contribution in [0.1, 0.15) is 171 Å². The number of ketones is 2. The van der Waals surface area contributed by atoms with Crippen LogP contribution in [0, 0.1) is 46.7 Å². The Morgan fingerprint density at radius 3 is 1.31 bits per heavy atom. The van der Waals surface area contributed by atoms with Crippen molar-refractivity contribution in [3.63, 3.8) is 0 Å². The van der Waals surface area contributed by atoms with Gasteiger partial charge in [-0.25, -0.2) is 26.3 Å². The van der Waals surface area contributed by atoms with Gasteiger partial charge in [0.25, 0.3) is 0 Å². The second-order valence-electron chi connectivity index (χ2n) is 20.8. The first-order valence-corrected chi connectivity index (χ1v) is 29.4. The number of benzene rings is 6. The number of carboxylic acid groups (broad SMARTS) is 1. The zero-order valence-electron chi connectivity index (χ0n) is 50.8. The Bertz CT molecular complexity index is 3290. The lowest BCUT2D eigenvalue weighted by Crippen LogP contribution is -2.06. The molecule has 0 aliphatic carbocycles. The van der Waals surface area contributed by atoms with Gasteiger partial charge in [-0.1, -0.05) is 80.4 Å². The Balaban J connectivity index is 0.000000234. The van der Waals surface area contributed by atoms with Gasteiger partial charge in [-0.05, 0) is 152 Å². The Morgan fingerprint density at radius 2 is 0.912 bits per heavy atom. The first-order chi connectivity index (χ1) is 43.5. The zero-order chi connectivity index (χ0) is 66.8. The molecule has 0 bridgehead atoms. The number of esters is 5. The van der Waals surface area contributed by atoms with Crippen molar-refractivity contribution < 1.29 is 98.6 Å². The number of cyclic esters (lactones) is 3. The second kappa shape index (κ2) is 39.7. The van der Waals surface area contributed by atoms with Crippen LogP contribution in [0.25, 0.3) is 0 Å². The maximum absolute atomic E-state index is 12.8. The Hall–Kier alpha value is -9.24. The first-order valence-electron chi connectivity index (χ1n) is 29.4. The number of carboxylic acids is 1. The number of hydrogen-bond acceptors (Lipinski definition) is 14. The minimum Gasteiger partial charge on any atom is -0.481 e. The molecule has 9 rings (SSSR count). The number of methoxy groups -OCH3 is 2. The number of unbranched alkanes of at least 4 members (excludes halogenated alkanes) is 1. The molecule has 3 saturated heterocycles. The largest absolute Gasteiger partial charge is 0.481 e. The molecule has 0 radical (unpaired) electrons. The van der Waals surface area contributed by atoms with Crippen molar-refractivity contribution in [1.29, 1.82) is 0 Å². The summed E-state index contributed by atoms with van der Waals surface area (Å²) in [6.07, 6.45) is 9.17. The van der Waals surface area contributed by atoms with Crippen LogP contribution in [0.4, 0.5) is 26.3 Å². The Morgan fingerprint density at radius 1 is 0.527 bits per heavy atom. The molecule has 3 aliphatic rings. The molecular formula is C70H74F6O15. The molecule has 2 N–H and O–H groups in total. The van der Waals surface area contributed by atoms with Crippen LogP contribution >= 0.6 is 0 Å². The minimum absolute atomic E-state index is 0.0185. The number of ether oxygens (including phenoxy) is 5. The molecule has 0 spiro atoms. The molecule has 21 heteroatoms. The summed E-state index contributed by atoms with van der Waals surface area (Å²) in [7, 11) is 2.57. The van der Waals surface area contributed by atoms with E-state index in [0.717, 1.165) is 42.4 Å². The molecule has 3 aliphatic heterocycles. The van der Waals surface area contributed by atoms with Crippen LogP contribution in [-0.4, -0.2) is 71.8 Å². The third-order valence-electron chi connectivity index (χ3n) is 14.1. The van der Waals surface area contributed by atoms with Crippen LogP contribution in [0.3, 0.4) is 0 Å². The highest BCUT2D eigenvalue weighted by atomic mass is 19.1. The monoisotopic (exact) mass is 1270 g/mol. The van der Waals surface area contributed by atoms with Crippen molar-refractivity contribution in [2.75, 3.05) is 14.2 Å². The van der Waals surface area contributed by atoms with E-state index in [4.69, 9.17) is 19.3 Å². The number of aliphatic hydroxyl groups excluding tert-OH is 1. The molecule has 0 saturated carbocycles. The zero-order valence-corrected chi connectivity index (χ0v) is 50.8. The minimum atomic E-state index is -1.01. The standard InChI is InChI=1S/C14H17FO2.C14H15FO2.C11H13FO3.C11H11FO3.C10H9FO3.C10H9FO2/c2*1-2-3-4-11-9-13(17-14(11)16)10-5-7-12(15)8-6-10;2*1-15-11(14)7-6-10(13)8-2-4-9(12)5-3-8;11-8-3-1-7(2-4-8)9(12)5-6-10(13)14;11-8-3-1-7(2-4-8)9-5-6-10(12)13-9/h5-8,11,13H,2-4,9H2,1H3;2-3,5-8,11,13H,4,9H2,1H3;2-5,10,13H,6-7H2,1H3;2-5H,6-7H2,1H3;1-4H,5-6H2,(H,13,14);1-4,9H,5-6H2/b;3-2+;;;;/t2*11-,13+;10-;;;9-/m001..1/s1. The van der Waals surface area contributed by atoms with Gasteiger partial charge in [0.15, 0.2) is 11.6 Å². The average Bonchev–Trinajstić information content (AvgIpc) is 2.54. The van der Waals surface area contributed by atoms with E-state index in [0.29, 0.717) is 42.4 Å². The second-order valence-corrected chi connectivity index (χ2v) is 20.8. The number of Topliss-reactive ketones (excluding diaryl/α,β-unsaturated/α-hetero) is 2. The summed E-state index contributed by atoms with van der Waals surface area (Å²) in [6, 6.07) is 34.2. The number of halogens is 6. The molecule has 0 aromatic heterocycles. The lowest BCUT2D eigenvalue weighted by atomic mass is 9.96. The number of carbonyl (C=O) groups is 8. The van der Waals surface area contributed by atoms with Crippen molar-refractivity contribution in [3.8, 4) is 0 Å². The summed E-state index contributed by atoms with van der Waals surface area (Å²) in [5.41, 5.74) is 3.96. The molecule has 3 heterocycles. The molecule has 0 amide bonds. The molecule has 0 unspecified atom stereocenters. The molecule has 6 aromatic rings. The van der Waals surface area contributed by atoms with E-state index in [2.05, 4.69) is 16.4 Å². The summed E-state index contributed by atoms with van der Waals surface area (Å²) < 4.78 is 100. The van der Waals surface area contributed by atoms with Gasteiger partial charge in [0.05, 0.1) is 45.0 Å². The van der Waals surface area contributed by atoms with Gasteiger partial charge in [-0.2, -0.15) is 0 Å². The predicted molar refractivity (Wildman–Crippen MR) is 322 cm³/mol. The average molecular weight is 1270 g/mol. The lowest BCUT2D eigenvalue weighted by Gasteiger charge is -2.09. The van der Waals surface area contributed by atoms with Gasteiger partial charge in [0.2, 0.25) is 0 Å². The van der Waals surface area contributed by atoms with Crippen LogP contribution in [-0.2, 0) is 52.5 Å². The fraction of sp³-hybridized carbons (Fsp3) is 0.343. The van der Waals surface area contributed by atoms with Crippen molar-refractivity contribution in [1.82, 2.24) is 0 Å². The Labute approximate surface area is 524 Å². The van der Waals surface area contributed by atoms with E-state index in [1.165, 1.54) is 123 Å². The lowest BCUT2D eigenvalue weighted by molar-refractivity contribution is -0.145. The van der Waals surface area contributed by atoms with Crippen molar-refractivity contribution in [2.24, 2.45) is 11.8 Å². The number of aliphatic hydroxyl groups is 1. The summed E-state index contributed by atoms with van der Waals surface area (Å²) in [5, 5.41) is 18.0. The Kier molecular flexibility index (Phi) is 32.4. The highest BCUT2D eigenvalue weighted by molar-refractivity contribution is 5.98. The van der Waals surface area contributed by atoms with E-state index in [1.54, 1.807) is 36.4 Å². The van der Waals surface area contributed by atoms with Gasteiger partial charge in [0.1, 0.15) is 53.2 Å². The van der Waals surface area contributed by atoms with Gasteiger partial charge in [0, 0.05) is 49.7 Å². The van der Waals surface area contributed by atoms with E-state index in [-0.39, 0.29) is 133 Å². The third kappa shape index (κ3) is 27.6. The first kappa shape index (κ1) is 74.2. The summed E-state index contributed by atoms with van der Waals surface area (Å²) >= 11 is 0. The highest BCUT2D eigenvalue weighted by Crippen LogP contribution is 2.37. The molecule has 486 valence electrons. The van der Waals surface area contributed by atoms with Crippen LogP contribution in [0.15, 0.2) is 158 Å². The third-order valence-corrected chi connectivity index (χ3v) is 14.1. The van der Waals surface area contributed by atoms with Crippen LogP contribution < -0.4 is 0 Å². The van der Waals surface area contributed by atoms with E-state index in [9.17, 15) is 69.8 Å². The molecule has 6 aromatic carbocycles. The number of carbonyl (C=O) groups excluding carboxylic acids is 7. The number of aliphatic carboxylic acids is 1. The number of hydrogen-bond donors (Lipinski definition) is 2. The molecular weight excluding hydrogens is 1190 g/mol. The quantitative estimate of drug-likeness (QED) is 0.0238. The summed E-state index contributed by atoms with van der Waals surface area (Å²) in [4.78, 5) is 88.5. The smallest absolute Gasteiger partial charge is 0.310 e. The SMILES string of the molecule is C/C=C/C[C@H]1C[C@H](c2ccc(F)cc2)OC1=O.CCCC[C@H]1C[C@H](c2ccc(F)cc2)OC1=O.COC(=O)CCC(=O)c1ccc(F)cc1.COC(=O)CC[C@@H](O)c1ccc(F)cc1.O=C(O)CCC(=O)c1ccc(F)cc1.O=C1CC[C@H](c2ccc(F)cc2)O1. The van der Waals surface area contributed by atoms with Gasteiger partial charge in [-0.15, -0.1) is 0 Å². The van der Waals surface area contributed by atoms with E-state index >= 15 is 0 Å². The topological polar surface area (TPSA) is 223 Å². The fourth-order valence-corrected chi connectivity index (χ4v) is 8.96. The van der Waals surface area contributed by atoms with E-state index in [1.807, 2.05) is 19.1 Å². The van der Waals surface area contributed by atoms with E-state index < -0.39 is 23.9 Å². The highest BCUT2D eigenvalue weighted by Gasteiger charge is 2.35. The fourth-order valence-electron chi connectivity index (χ4n) is 8.96. The molecule has 3 fully saturated rings. The maximum atomic E-state index is 12.8. The van der Waals surface area contributed by atoms with Gasteiger partial charge in [-0.3, -0.25) is 38.4 Å². The van der Waals surface area contributed by atoms with Crippen molar-refractivity contribution in [2.45, 2.75) is 128 Å². The maximum Gasteiger partial charge on any atom is 0.310 e. The number of allylic oxidation sites excluding steroid dienone is 2. The predicted octanol–water partition coefficient (Wildman–Crippen LogP) is 14.9.